The van der Waals surface area contributed by atoms with Gasteiger partial charge < -0.3 is 14.7 Å². The number of ether oxygens (including phenoxy) is 1. The molecule has 98 valence electrons. The first-order valence-corrected chi connectivity index (χ1v) is 5.19. The van der Waals surface area contributed by atoms with Crippen molar-refractivity contribution >= 4 is 17.3 Å². The van der Waals surface area contributed by atoms with Crippen molar-refractivity contribution < 1.29 is 19.6 Å². The molecule has 0 aliphatic heterocycles. The van der Waals surface area contributed by atoms with E-state index in [9.17, 15) is 14.9 Å². The predicted octanol–water partition coefficient (Wildman–Crippen LogP) is 1.38. The van der Waals surface area contributed by atoms with Crippen LogP contribution in [0.3, 0.4) is 0 Å². The molecule has 0 aromatic heterocycles. The van der Waals surface area contributed by atoms with E-state index in [4.69, 9.17) is 9.84 Å². The van der Waals surface area contributed by atoms with Crippen molar-refractivity contribution in [2.45, 2.75) is 0 Å². The Balaban J connectivity index is 3.14. The summed E-state index contributed by atoms with van der Waals surface area (Å²) < 4.78 is 4.88. The summed E-state index contributed by atoms with van der Waals surface area (Å²) in [4.78, 5) is 22.8. The van der Waals surface area contributed by atoms with Gasteiger partial charge in [0, 0.05) is 26.8 Å². The Hall–Kier alpha value is -2.15. The van der Waals surface area contributed by atoms with Crippen molar-refractivity contribution in [3.63, 3.8) is 0 Å². The van der Waals surface area contributed by atoms with Crippen molar-refractivity contribution in [1.82, 2.24) is 0 Å². The van der Waals surface area contributed by atoms with Crippen LogP contribution in [0.1, 0.15) is 10.4 Å². The van der Waals surface area contributed by atoms with E-state index in [1.165, 1.54) is 25.3 Å². The third-order valence-electron chi connectivity index (χ3n) is 2.46. The molecule has 1 aromatic rings. The van der Waals surface area contributed by atoms with Gasteiger partial charge in [0.25, 0.3) is 5.69 Å². The zero-order valence-corrected chi connectivity index (χ0v) is 10.1. The summed E-state index contributed by atoms with van der Waals surface area (Å²) in [6.07, 6.45) is 0. The lowest BCUT2D eigenvalue weighted by molar-refractivity contribution is -0.384. The predicted molar refractivity (Wildman–Crippen MR) is 65.2 cm³/mol. The minimum absolute atomic E-state index is 0.0138. The maximum absolute atomic E-state index is 10.9. The quantitative estimate of drug-likeness (QED) is 0.608. The molecule has 7 nitrogen and oxygen atoms in total. The topological polar surface area (TPSA) is 92.9 Å². The van der Waals surface area contributed by atoms with Gasteiger partial charge in [0.1, 0.15) is 5.69 Å². The van der Waals surface area contributed by atoms with Crippen LogP contribution in [-0.4, -0.2) is 43.3 Å². The second kappa shape index (κ2) is 5.97. The van der Waals surface area contributed by atoms with Crippen LogP contribution >= 0.6 is 0 Å². The molecule has 7 heteroatoms. The number of nitro groups is 1. The number of nitrogens with zero attached hydrogens (tertiary/aromatic N) is 2. The van der Waals surface area contributed by atoms with Crippen LogP contribution in [-0.2, 0) is 4.74 Å². The fraction of sp³-hybridized carbons (Fsp3) is 0.364. The molecule has 1 aromatic carbocycles. The number of rotatable bonds is 6. The third-order valence-corrected chi connectivity index (χ3v) is 2.46. The first kappa shape index (κ1) is 13.9. The van der Waals surface area contributed by atoms with E-state index in [1.54, 1.807) is 11.9 Å². The average Bonchev–Trinajstić information content (AvgIpc) is 2.34. The van der Waals surface area contributed by atoms with Crippen LogP contribution in [0, 0.1) is 10.1 Å². The van der Waals surface area contributed by atoms with Gasteiger partial charge in [0.15, 0.2) is 0 Å². The van der Waals surface area contributed by atoms with Gasteiger partial charge in [0.05, 0.1) is 17.1 Å². The minimum Gasteiger partial charge on any atom is -0.478 e. The van der Waals surface area contributed by atoms with Gasteiger partial charge in [-0.2, -0.15) is 0 Å². The van der Waals surface area contributed by atoms with Gasteiger partial charge in [-0.05, 0) is 12.1 Å². The first-order valence-electron chi connectivity index (χ1n) is 5.19. The van der Waals surface area contributed by atoms with Gasteiger partial charge in [-0.15, -0.1) is 0 Å². The lowest BCUT2D eigenvalue weighted by atomic mass is 10.1. The number of hydrogen-bond acceptors (Lipinski definition) is 5. The number of aromatic carboxylic acids is 1. The largest absolute Gasteiger partial charge is 0.478 e. The Labute approximate surface area is 104 Å². The van der Waals surface area contributed by atoms with Crippen molar-refractivity contribution in [3.8, 4) is 0 Å². The number of nitro benzene ring substituents is 1. The zero-order chi connectivity index (χ0) is 13.7. The van der Waals surface area contributed by atoms with E-state index in [-0.39, 0.29) is 16.9 Å². The Kier molecular flexibility index (Phi) is 4.61. The van der Waals surface area contributed by atoms with E-state index < -0.39 is 10.9 Å². The smallest absolute Gasteiger partial charge is 0.335 e. The maximum atomic E-state index is 10.9. The van der Waals surface area contributed by atoms with Crippen molar-refractivity contribution in [1.29, 1.82) is 0 Å². The van der Waals surface area contributed by atoms with Crippen LogP contribution in [0.15, 0.2) is 18.2 Å². The summed E-state index contributed by atoms with van der Waals surface area (Å²) >= 11 is 0. The van der Waals surface area contributed by atoms with Crippen molar-refractivity contribution in [2.75, 3.05) is 32.2 Å². The molecule has 0 unspecified atom stereocenters. The molecule has 0 radical (unpaired) electrons. The number of likely N-dealkylation sites (N-methyl/N-ethyl adjacent to an activating group) is 1. The molecule has 0 atom stereocenters. The van der Waals surface area contributed by atoms with Gasteiger partial charge in [-0.3, -0.25) is 10.1 Å². The molecule has 0 bridgehead atoms. The summed E-state index contributed by atoms with van der Waals surface area (Å²) in [7, 11) is 3.17. The normalized spacial score (nSPS) is 10.1. The Morgan fingerprint density at radius 1 is 1.56 bits per heavy atom. The van der Waals surface area contributed by atoms with E-state index >= 15 is 0 Å². The number of anilines is 1. The van der Waals surface area contributed by atoms with Crippen molar-refractivity contribution in [3.05, 3.63) is 33.9 Å². The summed E-state index contributed by atoms with van der Waals surface area (Å²) in [6, 6.07) is 3.70. The number of carbonyl (C=O) groups is 1. The monoisotopic (exact) mass is 254 g/mol. The molecular weight excluding hydrogens is 240 g/mol. The van der Waals surface area contributed by atoms with E-state index in [0.717, 1.165) is 0 Å². The van der Waals surface area contributed by atoms with Crippen molar-refractivity contribution in [2.24, 2.45) is 0 Å². The minimum atomic E-state index is -1.12. The number of methoxy groups -OCH3 is 1. The molecule has 0 saturated carbocycles. The molecule has 0 fully saturated rings. The van der Waals surface area contributed by atoms with E-state index in [2.05, 4.69) is 0 Å². The Morgan fingerprint density at radius 2 is 2.22 bits per heavy atom. The molecule has 0 aliphatic rings. The molecule has 0 amide bonds. The van der Waals surface area contributed by atoms with E-state index in [1.807, 2.05) is 0 Å². The molecular formula is C11H14N2O5. The van der Waals surface area contributed by atoms with Gasteiger partial charge in [-0.25, -0.2) is 4.79 Å². The third kappa shape index (κ3) is 3.17. The summed E-state index contributed by atoms with van der Waals surface area (Å²) in [6.45, 7) is 0.825. The molecule has 0 spiro atoms. The standard InChI is InChI=1S/C11H14N2O5/c1-12(5-6-18-2)10-7-8(11(14)15)3-4-9(10)13(16)17/h3-4,7H,5-6H2,1-2H3,(H,14,15). The zero-order valence-electron chi connectivity index (χ0n) is 10.1. The van der Waals surface area contributed by atoms with Crippen LogP contribution < -0.4 is 4.90 Å². The highest BCUT2D eigenvalue weighted by molar-refractivity contribution is 5.90. The van der Waals surface area contributed by atoms with Crippen LogP contribution in [0.4, 0.5) is 11.4 Å². The fourth-order valence-corrected chi connectivity index (χ4v) is 1.47. The Morgan fingerprint density at radius 3 is 2.72 bits per heavy atom. The highest BCUT2D eigenvalue weighted by atomic mass is 16.6. The summed E-state index contributed by atoms with van der Waals surface area (Å²) in [5.74, 6) is -1.12. The SMILES string of the molecule is COCCN(C)c1cc(C(=O)O)ccc1[N+](=O)[O-]. The van der Waals surface area contributed by atoms with Gasteiger partial charge in [-0.1, -0.05) is 0 Å². The van der Waals surface area contributed by atoms with E-state index in [0.29, 0.717) is 13.2 Å². The van der Waals surface area contributed by atoms with Crippen LogP contribution in [0.2, 0.25) is 0 Å². The number of carboxylic acid groups (broad SMARTS) is 1. The Bertz CT molecular complexity index is 461. The molecule has 18 heavy (non-hydrogen) atoms. The second-order valence-corrected chi connectivity index (χ2v) is 3.68. The lowest BCUT2D eigenvalue weighted by Crippen LogP contribution is -2.23. The number of carboxylic acids is 1. The number of benzene rings is 1. The highest BCUT2D eigenvalue weighted by Crippen LogP contribution is 2.28. The molecule has 1 N–H and O–H groups in total. The highest BCUT2D eigenvalue weighted by Gasteiger charge is 2.19. The van der Waals surface area contributed by atoms with Gasteiger partial charge in [0.2, 0.25) is 0 Å². The van der Waals surface area contributed by atoms with Gasteiger partial charge >= 0.3 is 5.97 Å². The molecule has 0 aliphatic carbocycles. The summed E-state index contributed by atoms with van der Waals surface area (Å²) in [5, 5.41) is 19.8. The molecule has 1 rings (SSSR count). The van der Waals surface area contributed by atoms with Crippen LogP contribution in [0.25, 0.3) is 0 Å². The second-order valence-electron chi connectivity index (χ2n) is 3.68. The maximum Gasteiger partial charge on any atom is 0.335 e. The first-order chi connectivity index (χ1) is 8.47. The fourth-order valence-electron chi connectivity index (χ4n) is 1.47. The summed E-state index contributed by atoms with van der Waals surface area (Å²) in [5.41, 5.74) is 0.149. The lowest BCUT2D eigenvalue weighted by Gasteiger charge is -2.18. The molecule has 0 saturated heterocycles. The number of hydrogen-bond donors (Lipinski definition) is 1. The molecule has 0 heterocycles. The average molecular weight is 254 g/mol. The van der Waals surface area contributed by atoms with Crippen LogP contribution in [0.5, 0.6) is 0 Å².